The van der Waals surface area contributed by atoms with E-state index in [1.165, 1.54) is 12.1 Å². The van der Waals surface area contributed by atoms with Crippen molar-refractivity contribution in [1.82, 2.24) is 9.78 Å². The highest BCUT2D eigenvalue weighted by molar-refractivity contribution is 5.97. The maximum absolute atomic E-state index is 13.4. The van der Waals surface area contributed by atoms with Crippen molar-refractivity contribution in [3.8, 4) is 0 Å². The molecule has 0 aliphatic rings. The lowest BCUT2D eigenvalue weighted by atomic mass is 10.1. The molecule has 0 fully saturated rings. The van der Waals surface area contributed by atoms with Gasteiger partial charge in [-0.05, 0) is 37.1 Å². The molecule has 0 saturated carbocycles. The standard InChI is InChI=1S/C16H20FN3O/c1-3-13(4-2)20-8-7-12(19-20)10-16(21)11-5-6-15(18)14(17)9-11/h5-9,13H,3-4,10,18H2,1-2H3. The molecule has 5 heteroatoms. The summed E-state index contributed by atoms with van der Waals surface area (Å²) in [6.07, 6.45) is 4.05. The van der Waals surface area contributed by atoms with E-state index in [1.807, 2.05) is 16.9 Å². The van der Waals surface area contributed by atoms with Crippen molar-refractivity contribution in [2.45, 2.75) is 39.2 Å². The number of benzene rings is 1. The quantitative estimate of drug-likeness (QED) is 0.655. The molecule has 2 N–H and O–H groups in total. The summed E-state index contributed by atoms with van der Waals surface area (Å²) >= 11 is 0. The number of hydrogen-bond acceptors (Lipinski definition) is 3. The van der Waals surface area contributed by atoms with E-state index >= 15 is 0 Å². The number of nitrogens with zero attached hydrogens (tertiary/aromatic N) is 2. The fourth-order valence-electron chi connectivity index (χ4n) is 2.30. The fourth-order valence-corrected chi connectivity index (χ4v) is 2.30. The van der Waals surface area contributed by atoms with Crippen LogP contribution in [-0.2, 0) is 6.42 Å². The molecule has 0 aliphatic carbocycles. The number of carbonyl (C=O) groups excluding carboxylic acids is 1. The zero-order valence-corrected chi connectivity index (χ0v) is 12.3. The Labute approximate surface area is 123 Å². The largest absolute Gasteiger partial charge is 0.396 e. The fraction of sp³-hybridized carbons (Fsp3) is 0.375. The SMILES string of the molecule is CCC(CC)n1ccc(CC(=O)c2ccc(N)c(F)c2)n1. The van der Waals surface area contributed by atoms with E-state index in [-0.39, 0.29) is 17.9 Å². The number of halogens is 1. The highest BCUT2D eigenvalue weighted by atomic mass is 19.1. The summed E-state index contributed by atoms with van der Waals surface area (Å²) in [4.78, 5) is 12.1. The molecule has 2 aromatic rings. The average Bonchev–Trinajstić information content (AvgIpc) is 2.91. The Bertz CT molecular complexity index is 632. The summed E-state index contributed by atoms with van der Waals surface area (Å²) < 4.78 is 15.3. The number of rotatable bonds is 6. The first-order chi connectivity index (χ1) is 10.0. The molecule has 4 nitrogen and oxygen atoms in total. The van der Waals surface area contributed by atoms with Crippen LogP contribution in [0.25, 0.3) is 0 Å². The Hall–Kier alpha value is -2.17. The number of ketones is 1. The van der Waals surface area contributed by atoms with Crippen LogP contribution in [0.3, 0.4) is 0 Å². The number of aromatic nitrogens is 2. The molecule has 2 rings (SSSR count). The van der Waals surface area contributed by atoms with Crippen LogP contribution in [0.4, 0.5) is 10.1 Å². The van der Waals surface area contributed by atoms with Crippen molar-refractivity contribution in [1.29, 1.82) is 0 Å². The van der Waals surface area contributed by atoms with Crippen molar-refractivity contribution in [3.05, 3.63) is 47.5 Å². The van der Waals surface area contributed by atoms with Gasteiger partial charge in [0.1, 0.15) is 5.82 Å². The molecular weight excluding hydrogens is 269 g/mol. The van der Waals surface area contributed by atoms with Gasteiger partial charge in [0.05, 0.1) is 23.8 Å². The monoisotopic (exact) mass is 289 g/mol. The van der Waals surface area contributed by atoms with Crippen molar-refractivity contribution >= 4 is 11.5 Å². The zero-order chi connectivity index (χ0) is 15.4. The Balaban J connectivity index is 2.11. The zero-order valence-electron chi connectivity index (χ0n) is 12.3. The van der Waals surface area contributed by atoms with Crippen LogP contribution in [0.15, 0.2) is 30.5 Å². The van der Waals surface area contributed by atoms with Crippen LogP contribution in [0.1, 0.15) is 48.8 Å². The molecule has 1 aromatic carbocycles. The normalized spacial score (nSPS) is 11.0. The van der Waals surface area contributed by atoms with Gasteiger partial charge in [-0.3, -0.25) is 9.48 Å². The molecule has 0 aliphatic heterocycles. The van der Waals surface area contributed by atoms with Gasteiger partial charge in [-0.15, -0.1) is 0 Å². The summed E-state index contributed by atoms with van der Waals surface area (Å²) in [6, 6.07) is 6.31. The Kier molecular flexibility index (Phi) is 4.73. The lowest BCUT2D eigenvalue weighted by Gasteiger charge is -2.12. The van der Waals surface area contributed by atoms with Gasteiger partial charge in [0.15, 0.2) is 5.78 Å². The number of carbonyl (C=O) groups is 1. The van der Waals surface area contributed by atoms with Crippen LogP contribution in [0.2, 0.25) is 0 Å². The van der Waals surface area contributed by atoms with Crippen LogP contribution in [-0.4, -0.2) is 15.6 Å². The van der Waals surface area contributed by atoms with Crippen LogP contribution < -0.4 is 5.73 Å². The molecule has 0 amide bonds. The first kappa shape index (κ1) is 15.2. The van der Waals surface area contributed by atoms with Gasteiger partial charge in [-0.1, -0.05) is 13.8 Å². The third-order valence-corrected chi connectivity index (χ3v) is 3.64. The Morgan fingerprint density at radius 2 is 2.05 bits per heavy atom. The number of anilines is 1. The first-order valence-electron chi connectivity index (χ1n) is 7.17. The van der Waals surface area contributed by atoms with Crippen molar-refractivity contribution in [2.75, 3.05) is 5.73 Å². The maximum atomic E-state index is 13.4. The van der Waals surface area contributed by atoms with Crippen LogP contribution >= 0.6 is 0 Å². The number of nitrogen functional groups attached to an aromatic ring is 1. The van der Waals surface area contributed by atoms with Crippen molar-refractivity contribution in [2.24, 2.45) is 0 Å². The van der Waals surface area contributed by atoms with Crippen LogP contribution in [0, 0.1) is 5.82 Å². The maximum Gasteiger partial charge on any atom is 0.168 e. The minimum Gasteiger partial charge on any atom is -0.396 e. The second-order valence-corrected chi connectivity index (χ2v) is 5.09. The van der Waals surface area contributed by atoms with E-state index in [9.17, 15) is 9.18 Å². The lowest BCUT2D eigenvalue weighted by molar-refractivity contribution is 0.0991. The minimum atomic E-state index is -0.566. The molecular formula is C16H20FN3O. The smallest absolute Gasteiger partial charge is 0.168 e. The van der Waals surface area contributed by atoms with Gasteiger partial charge < -0.3 is 5.73 Å². The summed E-state index contributed by atoms with van der Waals surface area (Å²) in [5.74, 6) is -0.730. The first-order valence-corrected chi connectivity index (χ1v) is 7.17. The van der Waals surface area contributed by atoms with E-state index in [4.69, 9.17) is 5.73 Å². The molecule has 0 radical (unpaired) electrons. The second-order valence-electron chi connectivity index (χ2n) is 5.09. The van der Waals surface area contributed by atoms with Gasteiger partial charge in [0, 0.05) is 11.8 Å². The molecule has 112 valence electrons. The van der Waals surface area contributed by atoms with E-state index in [1.54, 1.807) is 6.07 Å². The van der Waals surface area contributed by atoms with Crippen molar-refractivity contribution < 1.29 is 9.18 Å². The van der Waals surface area contributed by atoms with Gasteiger partial charge in [0.2, 0.25) is 0 Å². The summed E-state index contributed by atoms with van der Waals surface area (Å²) in [7, 11) is 0. The predicted molar refractivity (Wildman–Crippen MR) is 80.7 cm³/mol. The number of Topliss-reactive ketones (excluding diaryl/α,β-unsaturated/α-hetero) is 1. The highest BCUT2D eigenvalue weighted by Gasteiger charge is 2.13. The van der Waals surface area contributed by atoms with Crippen LogP contribution in [0.5, 0.6) is 0 Å². The minimum absolute atomic E-state index is 0.0459. The molecule has 0 bridgehead atoms. The van der Waals surface area contributed by atoms with E-state index in [2.05, 4.69) is 18.9 Å². The van der Waals surface area contributed by atoms with E-state index in [0.29, 0.717) is 17.3 Å². The predicted octanol–water partition coefficient (Wildman–Crippen LogP) is 3.39. The van der Waals surface area contributed by atoms with E-state index in [0.717, 1.165) is 12.8 Å². The number of hydrogen-bond donors (Lipinski definition) is 1. The summed E-state index contributed by atoms with van der Waals surface area (Å²) in [5, 5.41) is 4.44. The molecule has 0 atom stereocenters. The molecule has 1 aromatic heterocycles. The Morgan fingerprint density at radius 3 is 2.67 bits per heavy atom. The summed E-state index contributed by atoms with van der Waals surface area (Å²) in [5.41, 5.74) is 6.47. The van der Waals surface area contributed by atoms with Gasteiger partial charge in [-0.2, -0.15) is 5.10 Å². The van der Waals surface area contributed by atoms with Crippen molar-refractivity contribution in [3.63, 3.8) is 0 Å². The molecule has 0 saturated heterocycles. The second kappa shape index (κ2) is 6.52. The lowest BCUT2D eigenvalue weighted by Crippen LogP contribution is -2.10. The average molecular weight is 289 g/mol. The van der Waals surface area contributed by atoms with Gasteiger partial charge in [-0.25, -0.2) is 4.39 Å². The third-order valence-electron chi connectivity index (χ3n) is 3.64. The molecule has 1 heterocycles. The van der Waals surface area contributed by atoms with Gasteiger partial charge >= 0.3 is 0 Å². The highest BCUT2D eigenvalue weighted by Crippen LogP contribution is 2.16. The molecule has 0 spiro atoms. The Morgan fingerprint density at radius 1 is 1.33 bits per heavy atom. The summed E-state index contributed by atoms with van der Waals surface area (Å²) in [6.45, 7) is 4.22. The molecule has 0 unspecified atom stereocenters. The van der Waals surface area contributed by atoms with Gasteiger partial charge in [0.25, 0.3) is 0 Å². The molecule has 21 heavy (non-hydrogen) atoms. The topological polar surface area (TPSA) is 60.9 Å². The van der Waals surface area contributed by atoms with E-state index < -0.39 is 5.82 Å². The number of nitrogens with two attached hydrogens (primary N) is 1. The third kappa shape index (κ3) is 3.48.